The van der Waals surface area contributed by atoms with Crippen LogP contribution >= 0.6 is 28.1 Å². The first-order valence-corrected chi connectivity index (χ1v) is 8.80. The Labute approximate surface area is 157 Å². The summed E-state index contributed by atoms with van der Waals surface area (Å²) in [4.78, 5) is 2.16. The molecule has 2 aromatic carbocycles. The monoisotopic (exact) mass is 407 g/mol. The standard InChI is InChI=1S/C18H22BrN3OS/c1-22(2)17(13-6-4-9-16(10-13)23-3)12-20-18(24)21-15-8-5-7-14(19)11-15/h4-11,17H,12H2,1-3H3,(H2,20,21,24)/t17-/m1/s1. The first kappa shape index (κ1) is 18.7. The molecular formula is C18H22BrN3OS. The van der Waals surface area contributed by atoms with Crippen molar-refractivity contribution in [2.75, 3.05) is 33.1 Å². The third-order valence-electron chi connectivity index (χ3n) is 3.64. The average Bonchev–Trinajstić information content (AvgIpc) is 2.55. The highest BCUT2D eigenvalue weighted by Crippen LogP contribution is 2.22. The molecule has 4 nitrogen and oxygen atoms in total. The SMILES string of the molecule is COc1cccc([C@@H](CNC(=S)Nc2cccc(Br)c2)N(C)C)c1. The first-order valence-electron chi connectivity index (χ1n) is 7.60. The van der Waals surface area contributed by atoms with Gasteiger partial charge in [0, 0.05) is 16.7 Å². The lowest BCUT2D eigenvalue weighted by Crippen LogP contribution is -2.36. The summed E-state index contributed by atoms with van der Waals surface area (Å²) in [6.07, 6.45) is 0. The number of hydrogen-bond acceptors (Lipinski definition) is 3. The molecule has 0 amide bonds. The van der Waals surface area contributed by atoms with Crippen molar-refractivity contribution < 1.29 is 4.74 Å². The highest BCUT2D eigenvalue weighted by Gasteiger charge is 2.15. The van der Waals surface area contributed by atoms with E-state index in [-0.39, 0.29) is 6.04 Å². The van der Waals surface area contributed by atoms with Crippen molar-refractivity contribution in [1.29, 1.82) is 0 Å². The normalized spacial score (nSPS) is 11.9. The van der Waals surface area contributed by atoms with Gasteiger partial charge in [-0.05, 0) is 62.2 Å². The van der Waals surface area contributed by atoms with E-state index in [0.717, 1.165) is 15.9 Å². The van der Waals surface area contributed by atoms with Crippen molar-refractivity contribution in [3.05, 3.63) is 58.6 Å². The number of benzene rings is 2. The number of nitrogens with one attached hydrogen (secondary N) is 2. The lowest BCUT2D eigenvalue weighted by molar-refractivity contribution is 0.298. The number of thiocarbonyl (C=S) groups is 1. The molecule has 0 saturated carbocycles. The smallest absolute Gasteiger partial charge is 0.170 e. The highest BCUT2D eigenvalue weighted by atomic mass is 79.9. The van der Waals surface area contributed by atoms with Crippen LogP contribution in [0, 0.1) is 0 Å². The number of likely N-dealkylation sites (N-methyl/N-ethyl adjacent to an activating group) is 1. The molecule has 2 rings (SSSR count). The van der Waals surface area contributed by atoms with E-state index in [1.54, 1.807) is 7.11 Å². The van der Waals surface area contributed by atoms with Gasteiger partial charge in [-0.15, -0.1) is 0 Å². The molecule has 6 heteroatoms. The van der Waals surface area contributed by atoms with E-state index < -0.39 is 0 Å². The van der Waals surface area contributed by atoms with Gasteiger partial charge in [-0.2, -0.15) is 0 Å². The molecule has 0 fully saturated rings. The first-order chi connectivity index (χ1) is 11.5. The average molecular weight is 408 g/mol. The van der Waals surface area contributed by atoms with Crippen LogP contribution in [0.3, 0.4) is 0 Å². The van der Waals surface area contributed by atoms with E-state index in [9.17, 15) is 0 Å². The van der Waals surface area contributed by atoms with E-state index in [1.165, 1.54) is 5.56 Å². The van der Waals surface area contributed by atoms with Crippen molar-refractivity contribution in [3.8, 4) is 5.75 Å². The van der Waals surface area contributed by atoms with Gasteiger partial charge in [0.15, 0.2) is 5.11 Å². The van der Waals surface area contributed by atoms with Crippen LogP contribution in [0.2, 0.25) is 0 Å². The van der Waals surface area contributed by atoms with Crippen LogP contribution in [-0.4, -0.2) is 37.8 Å². The zero-order valence-corrected chi connectivity index (χ0v) is 16.4. The fourth-order valence-electron chi connectivity index (χ4n) is 2.38. The molecule has 2 aromatic rings. The zero-order valence-electron chi connectivity index (χ0n) is 14.0. The molecule has 2 N–H and O–H groups in total. The highest BCUT2D eigenvalue weighted by molar-refractivity contribution is 9.10. The number of nitrogens with zero attached hydrogens (tertiary/aromatic N) is 1. The Morgan fingerprint density at radius 1 is 1.21 bits per heavy atom. The van der Waals surface area contributed by atoms with Gasteiger partial charge in [0.05, 0.1) is 13.2 Å². The number of methoxy groups -OCH3 is 1. The molecule has 1 atom stereocenters. The van der Waals surface area contributed by atoms with Gasteiger partial charge < -0.3 is 20.3 Å². The van der Waals surface area contributed by atoms with Crippen molar-refractivity contribution in [3.63, 3.8) is 0 Å². The van der Waals surface area contributed by atoms with Crippen molar-refractivity contribution in [1.82, 2.24) is 10.2 Å². The van der Waals surface area contributed by atoms with E-state index in [0.29, 0.717) is 11.7 Å². The minimum absolute atomic E-state index is 0.183. The second kappa shape index (κ2) is 9.01. The Kier molecular flexibility index (Phi) is 7.02. The van der Waals surface area contributed by atoms with Crippen LogP contribution in [0.25, 0.3) is 0 Å². The Hall–Kier alpha value is -1.63. The maximum Gasteiger partial charge on any atom is 0.170 e. The zero-order chi connectivity index (χ0) is 17.5. The van der Waals surface area contributed by atoms with Crippen LogP contribution in [0.4, 0.5) is 5.69 Å². The predicted molar refractivity (Wildman–Crippen MR) is 108 cm³/mol. The molecule has 24 heavy (non-hydrogen) atoms. The van der Waals surface area contributed by atoms with E-state index in [4.69, 9.17) is 17.0 Å². The molecule has 0 heterocycles. The van der Waals surface area contributed by atoms with E-state index >= 15 is 0 Å². The second-order valence-corrected chi connectivity index (χ2v) is 6.93. The van der Waals surface area contributed by atoms with Crippen LogP contribution in [0.15, 0.2) is 53.0 Å². The summed E-state index contributed by atoms with van der Waals surface area (Å²) >= 11 is 8.86. The fraction of sp³-hybridized carbons (Fsp3) is 0.278. The van der Waals surface area contributed by atoms with Gasteiger partial charge in [0.1, 0.15) is 5.75 Å². The van der Waals surface area contributed by atoms with Gasteiger partial charge in [-0.1, -0.05) is 34.1 Å². The molecule has 0 aliphatic rings. The minimum atomic E-state index is 0.183. The number of anilines is 1. The summed E-state index contributed by atoms with van der Waals surface area (Å²) < 4.78 is 6.33. The number of rotatable bonds is 6. The molecule has 0 aromatic heterocycles. The Morgan fingerprint density at radius 3 is 2.62 bits per heavy atom. The van der Waals surface area contributed by atoms with Gasteiger partial charge in [-0.25, -0.2) is 0 Å². The third-order valence-corrected chi connectivity index (χ3v) is 4.38. The Balaban J connectivity index is 1.99. The Bertz CT molecular complexity index is 693. The van der Waals surface area contributed by atoms with Crippen molar-refractivity contribution in [2.45, 2.75) is 6.04 Å². The summed E-state index contributed by atoms with van der Waals surface area (Å²) in [5, 5.41) is 7.09. The van der Waals surface area contributed by atoms with Gasteiger partial charge in [-0.3, -0.25) is 0 Å². The minimum Gasteiger partial charge on any atom is -0.497 e. The maximum absolute atomic E-state index is 5.40. The van der Waals surface area contributed by atoms with Crippen LogP contribution < -0.4 is 15.4 Å². The van der Waals surface area contributed by atoms with E-state index in [1.807, 2.05) is 36.4 Å². The second-order valence-electron chi connectivity index (χ2n) is 5.60. The molecule has 0 bridgehead atoms. The molecule has 0 saturated heterocycles. The largest absolute Gasteiger partial charge is 0.497 e. The van der Waals surface area contributed by atoms with E-state index in [2.05, 4.69) is 57.7 Å². The third kappa shape index (κ3) is 5.47. The molecule has 0 aliphatic carbocycles. The molecule has 0 spiro atoms. The summed E-state index contributed by atoms with van der Waals surface area (Å²) in [6.45, 7) is 0.694. The predicted octanol–water partition coefficient (Wildman–Crippen LogP) is 4.05. The molecule has 128 valence electrons. The van der Waals surface area contributed by atoms with Crippen LogP contribution in [0.5, 0.6) is 5.75 Å². The topological polar surface area (TPSA) is 36.5 Å². The summed E-state index contributed by atoms with van der Waals surface area (Å²) in [6, 6.07) is 16.2. The molecular weight excluding hydrogens is 386 g/mol. The summed E-state index contributed by atoms with van der Waals surface area (Å²) in [7, 11) is 5.78. The lowest BCUT2D eigenvalue weighted by Gasteiger charge is -2.26. The number of hydrogen-bond donors (Lipinski definition) is 2. The summed E-state index contributed by atoms with van der Waals surface area (Å²) in [5.41, 5.74) is 2.13. The quantitative estimate of drug-likeness (QED) is 0.706. The van der Waals surface area contributed by atoms with Crippen LogP contribution in [-0.2, 0) is 0 Å². The maximum atomic E-state index is 5.40. The van der Waals surface area contributed by atoms with Crippen molar-refractivity contribution in [2.24, 2.45) is 0 Å². The summed E-state index contributed by atoms with van der Waals surface area (Å²) in [5.74, 6) is 0.856. The van der Waals surface area contributed by atoms with Crippen molar-refractivity contribution >= 4 is 38.9 Å². The fourth-order valence-corrected chi connectivity index (χ4v) is 2.98. The number of halogens is 1. The lowest BCUT2D eigenvalue weighted by atomic mass is 10.1. The van der Waals surface area contributed by atoms with Gasteiger partial charge in [0.25, 0.3) is 0 Å². The Morgan fingerprint density at radius 2 is 1.96 bits per heavy atom. The molecule has 0 radical (unpaired) electrons. The van der Waals surface area contributed by atoms with Gasteiger partial charge >= 0.3 is 0 Å². The van der Waals surface area contributed by atoms with Crippen LogP contribution in [0.1, 0.15) is 11.6 Å². The molecule has 0 unspecified atom stereocenters. The van der Waals surface area contributed by atoms with Gasteiger partial charge in [0.2, 0.25) is 0 Å². The number of ether oxygens (including phenoxy) is 1. The molecule has 0 aliphatic heterocycles.